The summed E-state index contributed by atoms with van der Waals surface area (Å²) in [6.45, 7) is 0.748. The molecule has 0 unspecified atom stereocenters. The summed E-state index contributed by atoms with van der Waals surface area (Å²) in [4.78, 5) is 22.4. The molecular formula is C20H18F2N4O. The first-order chi connectivity index (χ1) is 13.0. The molecule has 0 saturated carbocycles. The van der Waals surface area contributed by atoms with Crippen molar-refractivity contribution in [2.75, 3.05) is 23.8 Å². The van der Waals surface area contributed by atoms with Gasteiger partial charge in [0, 0.05) is 49.6 Å². The van der Waals surface area contributed by atoms with Crippen LogP contribution in [0.4, 0.5) is 20.2 Å². The number of carbonyl (C=O) groups excluding carboxylic acids is 1. The van der Waals surface area contributed by atoms with E-state index in [9.17, 15) is 13.6 Å². The highest BCUT2D eigenvalue weighted by molar-refractivity contribution is 6.03. The molecule has 1 amide bonds. The molecule has 5 nitrogen and oxygen atoms in total. The van der Waals surface area contributed by atoms with Crippen LogP contribution in [0, 0.1) is 11.6 Å². The second kappa shape index (κ2) is 8.35. The Morgan fingerprint density at radius 1 is 1.04 bits per heavy atom. The van der Waals surface area contributed by atoms with Crippen LogP contribution >= 0.6 is 0 Å². The minimum atomic E-state index is -1.02. The zero-order chi connectivity index (χ0) is 19.2. The van der Waals surface area contributed by atoms with Crippen molar-refractivity contribution in [2.24, 2.45) is 0 Å². The van der Waals surface area contributed by atoms with E-state index < -0.39 is 17.5 Å². The van der Waals surface area contributed by atoms with Gasteiger partial charge in [-0.05, 0) is 48.4 Å². The topological polar surface area (TPSA) is 58.1 Å². The number of amides is 1. The Kier molecular flexibility index (Phi) is 5.71. The number of hydrogen-bond acceptors (Lipinski definition) is 4. The molecule has 2 aromatic heterocycles. The second-order valence-corrected chi connectivity index (χ2v) is 6.01. The highest BCUT2D eigenvalue weighted by Crippen LogP contribution is 2.17. The average Bonchev–Trinajstić information content (AvgIpc) is 2.70. The molecule has 0 spiro atoms. The van der Waals surface area contributed by atoms with Gasteiger partial charge in [-0.15, -0.1) is 0 Å². The number of pyridine rings is 2. The molecule has 138 valence electrons. The smallest absolute Gasteiger partial charge is 0.274 e. The van der Waals surface area contributed by atoms with E-state index in [1.165, 1.54) is 11.6 Å². The van der Waals surface area contributed by atoms with Crippen LogP contribution in [0.5, 0.6) is 0 Å². The van der Waals surface area contributed by atoms with Crippen LogP contribution in [0.1, 0.15) is 16.1 Å². The number of benzene rings is 1. The molecule has 2 heterocycles. The quantitative estimate of drug-likeness (QED) is 0.721. The van der Waals surface area contributed by atoms with Crippen LogP contribution in [0.3, 0.4) is 0 Å². The van der Waals surface area contributed by atoms with Gasteiger partial charge in [-0.3, -0.25) is 14.8 Å². The Morgan fingerprint density at radius 3 is 2.56 bits per heavy atom. The Balaban J connectivity index is 1.66. The molecule has 0 fully saturated rings. The molecule has 27 heavy (non-hydrogen) atoms. The van der Waals surface area contributed by atoms with Crippen molar-refractivity contribution in [3.8, 4) is 0 Å². The third-order valence-electron chi connectivity index (χ3n) is 4.08. The van der Waals surface area contributed by atoms with E-state index in [4.69, 9.17) is 0 Å². The maximum Gasteiger partial charge on any atom is 0.274 e. The molecule has 0 aliphatic heterocycles. The Labute approximate surface area is 155 Å². The maximum atomic E-state index is 13.3. The first-order valence-electron chi connectivity index (χ1n) is 8.35. The van der Waals surface area contributed by atoms with E-state index in [1.54, 1.807) is 30.7 Å². The van der Waals surface area contributed by atoms with E-state index >= 15 is 0 Å². The summed E-state index contributed by atoms with van der Waals surface area (Å²) in [6.07, 6.45) is 5.88. The fraction of sp³-hybridized carbons (Fsp3) is 0.150. The largest absolute Gasteiger partial charge is 0.374 e. The van der Waals surface area contributed by atoms with Gasteiger partial charge in [-0.2, -0.15) is 0 Å². The molecule has 1 N–H and O–H groups in total. The van der Waals surface area contributed by atoms with Crippen LogP contribution in [-0.2, 0) is 6.42 Å². The minimum absolute atomic E-state index is 0.164. The van der Waals surface area contributed by atoms with Gasteiger partial charge in [0.05, 0.1) is 0 Å². The van der Waals surface area contributed by atoms with Gasteiger partial charge >= 0.3 is 0 Å². The molecule has 0 radical (unpaired) electrons. The molecule has 7 heteroatoms. The van der Waals surface area contributed by atoms with E-state index in [1.807, 2.05) is 24.1 Å². The van der Waals surface area contributed by atoms with Gasteiger partial charge in [0.15, 0.2) is 11.6 Å². The van der Waals surface area contributed by atoms with Gasteiger partial charge in [-0.1, -0.05) is 0 Å². The van der Waals surface area contributed by atoms with Crippen molar-refractivity contribution in [3.63, 3.8) is 0 Å². The normalized spacial score (nSPS) is 10.5. The summed E-state index contributed by atoms with van der Waals surface area (Å²) < 4.78 is 26.3. The number of anilines is 2. The van der Waals surface area contributed by atoms with E-state index in [0.29, 0.717) is 0 Å². The summed E-state index contributed by atoms with van der Waals surface area (Å²) >= 11 is 0. The Bertz CT molecular complexity index is 934. The lowest BCUT2D eigenvalue weighted by Gasteiger charge is -2.19. The highest BCUT2D eigenvalue weighted by Gasteiger charge is 2.12. The minimum Gasteiger partial charge on any atom is -0.374 e. The maximum absolute atomic E-state index is 13.3. The van der Waals surface area contributed by atoms with Gasteiger partial charge in [0.25, 0.3) is 5.91 Å². The zero-order valence-electron chi connectivity index (χ0n) is 14.7. The number of aromatic nitrogens is 2. The van der Waals surface area contributed by atoms with E-state index in [-0.39, 0.29) is 11.4 Å². The van der Waals surface area contributed by atoms with Crippen LogP contribution in [-0.4, -0.2) is 29.5 Å². The predicted molar refractivity (Wildman–Crippen MR) is 99.8 cm³/mol. The lowest BCUT2D eigenvalue weighted by atomic mass is 10.2. The van der Waals surface area contributed by atoms with Crippen molar-refractivity contribution in [1.29, 1.82) is 0 Å². The third-order valence-corrected chi connectivity index (χ3v) is 4.08. The van der Waals surface area contributed by atoms with Crippen molar-refractivity contribution in [2.45, 2.75) is 6.42 Å². The van der Waals surface area contributed by atoms with Crippen LogP contribution in [0.25, 0.3) is 0 Å². The predicted octanol–water partition coefficient (Wildman–Crippen LogP) is 3.69. The van der Waals surface area contributed by atoms with Crippen LogP contribution < -0.4 is 10.2 Å². The van der Waals surface area contributed by atoms with Crippen molar-refractivity contribution < 1.29 is 13.6 Å². The van der Waals surface area contributed by atoms with Crippen LogP contribution in [0.2, 0.25) is 0 Å². The Hall–Kier alpha value is -3.35. The fourth-order valence-corrected chi connectivity index (χ4v) is 2.53. The number of carbonyl (C=O) groups is 1. The number of nitrogens with zero attached hydrogens (tertiary/aromatic N) is 3. The molecule has 0 bridgehead atoms. The van der Waals surface area contributed by atoms with Gasteiger partial charge in [0.1, 0.15) is 5.69 Å². The molecule has 0 atom stereocenters. The van der Waals surface area contributed by atoms with Crippen molar-refractivity contribution in [1.82, 2.24) is 9.97 Å². The van der Waals surface area contributed by atoms with Gasteiger partial charge in [-0.25, -0.2) is 8.78 Å². The van der Waals surface area contributed by atoms with Crippen molar-refractivity contribution in [3.05, 3.63) is 83.9 Å². The van der Waals surface area contributed by atoms with Gasteiger partial charge < -0.3 is 10.2 Å². The van der Waals surface area contributed by atoms with E-state index in [0.717, 1.165) is 30.8 Å². The monoisotopic (exact) mass is 368 g/mol. The second-order valence-electron chi connectivity index (χ2n) is 6.01. The number of likely N-dealkylation sites (N-methyl/N-ethyl adjacent to an activating group) is 1. The summed E-state index contributed by atoms with van der Waals surface area (Å²) in [7, 11) is 1.92. The summed E-state index contributed by atoms with van der Waals surface area (Å²) in [5.41, 5.74) is 2.35. The molecule has 0 aliphatic rings. The average molecular weight is 368 g/mol. The zero-order valence-corrected chi connectivity index (χ0v) is 14.7. The molecule has 1 aromatic carbocycles. The van der Waals surface area contributed by atoms with Gasteiger partial charge in [0.2, 0.25) is 0 Å². The molecule has 3 rings (SSSR count). The standard InChI is InChI=1S/C20H18F2N4O/c1-26(11-7-14-4-8-23-9-5-14)16-6-10-24-19(13-16)20(27)25-15-2-3-17(21)18(22)12-15/h2-6,8-10,12-13H,7,11H2,1H3,(H,25,27). The molecule has 3 aromatic rings. The summed E-state index contributed by atoms with van der Waals surface area (Å²) in [6, 6.07) is 10.6. The Morgan fingerprint density at radius 2 is 1.81 bits per heavy atom. The first kappa shape index (κ1) is 18.4. The first-order valence-corrected chi connectivity index (χ1v) is 8.35. The number of nitrogens with one attached hydrogen (secondary N) is 1. The van der Waals surface area contributed by atoms with Crippen LogP contribution in [0.15, 0.2) is 61.1 Å². The highest BCUT2D eigenvalue weighted by atomic mass is 19.2. The number of rotatable bonds is 6. The molecule has 0 aliphatic carbocycles. The number of hydrogen-bond donors (Lipinski definition) is 1. The third kappa shape index (κ3) is 4.84. The summed E-state index contributed by atoms with van der Waals surface area (Å²) in [5.74, 6) is -2.49. The molecule has 0 saturated heterocycles. The van der Waals surface area contributed by atoms with E-state index in [2.05, 4.69) is 15.3 Å². The number of halogens is 2. The summed E-state index contributed by atoms with van der Waals surface area (Å²) in [5, 5.41) is 2.52. The molecular weight excluding hydrogens is 350 g/mol. The van der Waals surface area contributed by atoms with Crippen molar-refractivity contribution >= 4 is 17.3 Å². The lowest BCUT2D eigenvalue weighted by Crippen LogP contribution is -2.21. The SMILES string of the molecule is CN(CCc1ccncc1)c1ccnc(C(=O)Nc2ccc(F)c(F)c2)c1. The lowest BCUT2D eigenvalue weighted by molar-refractivity contribution is 0.102. The fourth-order valence-electron chi connectivity index (χ4n) is 2.53.